The third-order valence-corrected chi connectivity index (χ3v) is 2.04. The molecule has 0 fully saturated rings. The van der Waals surface area contributed by atoms with Crippen LogP contribution in [0.3, 0.4) is 0 Å². The smallest absolute Gasteiger partial charge is 0.330 e. The molecule has 3 heteroatoms. The van der Waals surface area contributed by atoms with Crippen LogP contribution in [-0.2, 0) is 9.53 Å². The van der Waals surface area contributed by atoms with Gasteiger partial charge in [0.2, 0.25) is 0 Å². The van der Waals surface area contributed by atoms with E-state index in [2.05, 4.69) is 0 Å². The number of esters is 1. The molecule has 17 heavy (non-hydrogen) atoms. The van der Waals surface area contributed by atoms with Gasteiger partial charge >= 0.3 is 5.97 Å². The minimum Gasteiger partial charge on any atom is -0.496 e. The average Bonchev–Trinajstić information content (AvgIpc) is 2.35. The van der Waals surface area contributed by atoms with Crippen LogP contribution >= 0.6 is 0 Å². The van der Waals surface area contributed by atoms with E-state index in [0.29, 0.717) is 6.61 Å². The Hall–Kier alpha value is -2.03. The summed E-state index contributed by atoms with van der Waals surface area (Å²) in [7, 11) is 1.63. The first-order chi connectivity index (χ1) is 8.27. The number of carbonyl (C=O) groups excluding carboxylic acids is 1. The van der Waals surface area contributed by atoms with Crippen molar-refractivity contribution in [2.24, 2.45) is 0 Å². The summed E-state index contributed by atoms with van der Waals surface area (Å²) in [6, 6.07) is 7.66. The molecule has 0 aliphatic carbocycles. The van der Waals surface area contributed by atoms with Gasteiger partial charge in [-0.15, -0.1) is 0 Å². The Balaban J connectivity index is 2.62. The van der Waals surface area contributed by atoms with Gasteiger partial charge in [0, 0.05) is 11.6 Å². The molecule has 0 aromatic heterocycles. The third kappa shape index (κ3) is 4.55. The Labute approximate surface area is 101 Å². The van der Waals surface area contributed by atoms with Crippen LogP contribution in [0.25, 0.3) is 6.08 Å². The number of hydrogen-bond acceptors (Lipinski definition) is 3. The average molecular weight is 232 g/mol. The van der Waals surface area contributed by atoms with Gasteiger partial charge in [-0.3, -0.25) is 0 Å². The Bertz CT molecular complexity index is 419. The maximum Gasteiger partial charge on any atom is 0.330 e. The number of methoxy groups -OCH3 is 1. The minimum absolute atomic E-state index is 0.336. The fourth-order valence-electron chi connectivity index (χ4n) is 1.29. The number of hydrogen-bond donors (Lipinski definition) is 0. The van der Waals surface area contributed by atoms with Gasteiger partial charge in [0.05, 0.1) is 13.7 Å². The van der Waals surface area contributed by atoms with Gasteiger partial charge in [-0.25, -0.2) is 4.79 Å². The molecule has 3 nitrogen and oxygen atoms in total. The molecule has 0 aliphatic rings. The second-order valence-corrected chi connectivity index (χ2v) is 3.21. The second-order valence-electron chi connectivity index (χ2n) is 3.21. The molecule has 0 saturated heterocycles. The van der Waals surface area contributed by atoms with Crippen molar-refractivity contribution < 1.29 is 14.3 Å². The van der Waals surface area contributed by atoms with Gasteiger partial charge in [0.1, 0.15) is 5.75 Å². The first kappa shape index (κ1) is 13.0. The van der Waals surface area contributed by atoms with E-state index in [1.54, 1.807) is 26.2 Å². The summed E-state index contributed by atoms with van der Waals surface area (Å²) in [6.07, 6.45) is 6.67. The quantitative estimate of drug-likeness (QED) is 0.445. The van der Waals surface area contributed by atoms with E-state index in [1.165, 1.54) is 6.08 Å². The lowest BCUT2D eigenvalue weighted by molar-refractivity contribution is -0.137. The van der Waals surface area contributed by atoms with E-state index >= 15 is 0 Å². The largest absolute Gasteiger partial charge is 0.496 e. The first-order valence-corrected chi connectivity index (χ1v) is 5.42. The maximum atomic E-state index is 11.0. The topological polar surface area (TPSA) is 35.5 Å². The Morgan fingerprint density at radius 3 is 2.76 bits per heavy atom. The number of allylic oxidation sites excluding steroid dienone is 2. The van der Waals surface area contributed by atoms with Crippen LogP contribution < -0.4 is 4.74 Å². The molecule has 0 amide bonds. The van der Waals surface area contributed by atoms with Gasteiger partial charge in [0.15, 0.2) is 0 Å². The standard InChI is InChI=1S/C14H16O3/c1-3-17-14(15)11-7-5-9-12-8-4-6-10-13(12)16-2/h4-11H,3H2,1-2H3. The maximum absolute atomic E-state index is 11.0. The van der Waals surface area contributed by atoms with Crippen molar-refractivity contribution in [3.05, 3.63) is 48.1 Å². The summed E-state index contributed by atoms with van der Waals surface area (Å²) in [6.45, 7) is 2.16. The van der Waals surface area contributed by atoms with Crippen molar-refractivity contribution in [2.45, 2.75) is 6.92 Å². The van der Waals surface area contributed by atoms with Gasteiger partial charge in [-0.05, 0) is 13.0 Å². The van der Waals surface area contributed by atoms with E-state index in [-0.39, 0.29) is 5.97 Å². The van der Waals surface area contributed by atoms with Crippen LogP contribution in [0.5, 0.6) is 5.75 Å². The SMILES string of the molecule is CCOC(=O)C=CC=Cc1ccccc1OC. The first-order valence-electron chi connectivity index (χ1n) is 5.42. The van der Waals surface area contributed by atoms with Gasteiger partial charge in [-0.1, -0.05) is 36.4 Å². The summed E-state index contributed by atoms with van der Waals surface area (Å²) in [5.74, 6) is 0.463. The predicted octanol–water partition coefficient (Wildman–Crippen LogP) is 2.83. The summed E-state index contributed by atoms with van der Waals surface area (Å²) in [4.78, 5) is 11.0. The Morgan fingerprint density at radius 1 is 1.29 bits per heavy atom. The number of benzene rings is 1. The molecule has 0 aliphatic heterocycles. The minimum atomic E-state index is -0.336. The number of para-hydroxylation sites is 1. The molecule has 1 aromatic carbocycles. The van der Waals surface area contributed by atoms with Crippen LogP contribution in [0.15, 0.2) is 42.5 Å². The lowest BCUT2D eigenvalue weighted by Crippen LogP contribution is -1.98. The molecule has 0 bridgehead atoms. The number of ether oxygens (including phenoxy) is 2. The van der Waals surface area contributed by atoms with E-state index in [9.17, 15) is 4.79 Å². The molecule has 0 spiro atoms. The summed E-state index contributed by atoms with van der Waals surface area (Å²) >= 11 is 0. The monoisotopic (exact) mass is 232 g/mol. The molecule has 0 unspecified atom stereocenters. The fourth-order valence-corrected chi connectivity index (χ4v) is 1.29. The van der Waals surface area contributed by atoms with Crippen molar-refractivity contribution in [3.63, 3.8) is 0 Å². The zero-order valence-electron chi connectivity index (χ0n) is 10.1. The lowest BCUT2D eigenvalue weighted by atomic mass is 10.2. The molecule has 1 rings (SSSR count). The number of carbonyl (C=O) groups is 1. The highest BCUT2D eigenvalue weighted by Gasteiger charge is 1.95. The van der Waals surface area contributed by atoms with Crippen LogP contribution in [0.4, 0.5) is 0 Å². The molecule has 90 valence electrons. The second kappa shape index (κ2) is 7.28. The zero-order chi connectivity index (χ0) is 12.5. The predicted molar refractivity (Wildman–Crippen MR) is 67.8 cm³/mol. The van der Waals surface area contributed by atoms with Gasteiger partial charge in [-0.2, -0.15) is 0 Å². The van der Waals surface area contributed by atoms with Crippen LogP contribution in [0.1, 0.15) is 12.5 Å². The molecular formula is C14H16O3. The van der Waals surface area contributed by atoms with Gasteiger partial charge in [0.25, 0.3) is 0 Å². The highest BCUT2D eigenvalue weighted by molar-refractivity contribution is 5.82. The summed E-state index contributed by atoms with van der Waals surface area (Å²) < 4.78 is 9.95. The van der Waals surface area contributed by atoms with Crippen molar-refractivity contribution >= 4 is 12.0 Å². The molecule has 0 heterocycles. The highest BCUT2D eigenvalue weighted by atomic mass is 16.5. The fraction of sp³-hybridized carbons (Fsp3) is 0.214. The normalized spacial score (nSPS) is 10.9. The van der Waals surface area contributed by atoms with Crippen LogP contribution in [0.2, 0.25) is 0 Å². The lowest BCUT2D eigenvalue weighted by Gasteiger charge is -2.02. The molecule has 0 N–H and O–H groups in total. The van der Waals surface area contributed by atoms with Crippen molar-refractivity contribution in [1.82, 2.24) is 0 Å². The zero-order valence-corrected chi connectivity index (χ0v) is 10.1. The van der Waals surface area contributed by atoms with Crippen LogP contribution in [-0.4, -0.2) is 19.7 Å². The third-order valence-electron chi connectivity index (χ3n) is 2.04. The molecule has 1 aromatic rings. The van der Waals surface area contributed by atoms with Crippen molar-refractivity contribution in [1.29, 1.82) is 0 Å². The Morgan fingerprint density at radius 2 is 2.06 bits per heavy atom. The van der Waals surface area contributed by atoms with Crippen LogP contribution in [0, 0.1) is 0 Å². The number of rotatable bonds is 5. The summed E-state index contributed by atoms with van der Waals surface area (Å²) in [5, 5.41) is 0. The van der Waals surface area contributed by atoms with E-state index < -0.39 is 0 Å². The van der Waals surface area contributed by atoms with Gasteiger partial charge < -0.3 is 9.47 Å². The molecule has 0 radical (unpaired) electrons. The van der Waals surface area contributed by atoms with E-state index in [0.717, 1.165) is 11.3 Å². The molecule has 0 atom stereocenters. The van der Waals surface area contributed by atoms with Crippen molar-refractivity contribution in [2.75, 3.05) is 13.7 Å². The molecule has 0 saturated carbocycles. The highest BCUT2D eigenvalue weighted by Crippen LogP contribution is 2.18. The molecular weight excluding hydrogens is 216 g/mol. The summed E-state index contributed by atoms with van der Waals surface area (Å²) in [5.41, 5.74) is 0.962. The Kier molecular flexibility index (Phi) is 5.58. The van der Waals surface area contributed by atoms with E-state index in [1.807, 2.05) is 30.3 Å². The van der Waals surface area contributed by atoms with Crippen molar-refractivity contribution in [3.8, 4) is 5.75 Å². The van der Waals surface area contributed by atoms with E-state index in [4.69, 9.17) is 9.47 Å².